The molecule has 0 saturated carbocycles. The van der Waals surface area contributed by atoms with Gasteiger partial charge in [0.15, 0.2) is 0 Å². The van der Waals surface area contributed by atoms with E-state index in [0.29, 0.717) is 5.92 Å². The van der Waals surface area contributed by atoms with Gasteiger partial charge in [0.05, 0.1) is 12.0 Å². The van der Waals surface area contributed by atoms with E-state index < -0.39 is 0 Å². The van der Waals surface area contributed by atoms with Crippen LogP contribution in [0.5, 0.6) is 0 Å². The van der Waals surface area contributed by atoms with Gasteiger partial charge in [-0.2, -0.15) is 0 Å². The first-order chi connectivity index (χ1) is 11.3. The molecule has 1 aliphatic rings. The summed E-state index contributed by atoms with van der Waals surface area (Å²) in [6.07, 6.45) is 3.42. The predicted octanol–water partition coefficient (Wildman–Crippen LogP) is 3.33. The van der Waals surface area contributed by atoms with E-state index in [-0.39, 0.29) is 6.04 Å². The molecule has 2 N–H and O–H groups in total. The monoisotopic (exact) mass is 325 g/mol. The number of aromatic nitrogens is 1. The average molecular weight is 325 g/mol. The maximum absolute atomic E-state index is 6.37. The zero-order chi connectivity index (χ0) is 15.6. The van der Waals surface area contributed by atoms with E-state index in [1.54, 1.807) is 23.9 Å². The quantitative estimate of drug-likeness (QED) is 0.799. The molecule has 1 aliphatic heterocycles. The molecule has 4 rings (SSSR count). The standard InChI is InChI=1S/C18H19N3OS/c19-17-10-21(9-16(17)13-4-2-1-3-5-13)8-15-12-23-18(20-15)14-6-7-22-11-14/h1-7,11-12,16-17H,8-10,19H2/t16-,17+/m0/s1. The maximum Gasteiger partial charge on any atom is 0.126 e. The van der Waals surface area contributed by atoms with Gasteiger partial charge in [-0.25, -0.2) is 4.98 Å². The second-order valence-electron chi connectivity index (χ2n) is 6.03. The van der Waals surface area contributed by atoms with Gasteiger partial charge in [0.1, 0.15) is 11.3 Å². The third-order valence-electron chi connectivity index (χ3n) is 4.37. The molecule has 5 heteroatoms. The highest BCUT2D eigenvalue weighted by atomic mass is 32.1. The summed E-state index contributed by atoms with van der Waals surface area (Å²) >= 11 is 1.66. The van der Waals surface area contributed by atoms with Crippen LogP contribution in [-0.2, 0) is 6.54 Å². The number of likely N-dealkylation sites (tertiary alicyclic amines) is 1. The lowest BCUT2D eigenvalue weighted by Crippen LogP contribution is -2.28. The number of benzene rings is 1. The molecule has 23 heavy (non-hydrogen) atoms. The Hall–Kier alpha value is -1.95. The molecule has 2 aromatic heterocycles. The smallest absolute Gasteiger partial charge is 0.126 e. The van der Waals surface area contributed by atoms with Crippen LogP contribution < -0.4 is 5.73 Å². The zero-order valence-electron chi connectivity index (χ0n) is 12.8. The minimum absolute atomic E-state index is 0.185. The molecule has 118 valence electrons. The van der Waals surface area contributed by atoms with Crippen molar-refractivity contribution in [2.45, 2.75) is 18.5 Å². The molecule has 1 aromatic carbocycles. The molecule has 0 amide bonds. The first-order valence-electron chi connectivity index (χ1n) is 7.79. The Kier molecular flexibility index (Phi) is 3.99. The van der Waals surface area contributed by atoms with Crippen molar-refractivity contribution in [1.29, 1.82) is 0 Å². The average Bonchev–Trinajstić information content (AvgIpc) is 3.29. The minimum atomic E-state index is 0.185. The van der Waals surface area contributed by atoms with Gasteiger partial charge in [-0.3, -0.25) is 4.90 Å². The van der Waals surface area contributed by atoms with Crippen molar-refractivity contribution in [1.82, 2.24) is 9.88 Å². The van der Waals surface area contributed by atoms with Crippen LogP contribution in [0.3, 0.4) is 0 Å². The lowest BCUT2D eigenvalue weighted by atomic mass is 9.95. The number of thiazole rings is 1. The number of nitrogens with two attached hydrogens (primary N) is 1. The summed E-state index contributed by atoms with van der Waals surface area (Å²) in [5.41, 5.74) is 9.85. The first-order valence-corrected chi connectivity index (χ1v) is 8.67. The highest BCUT2D eigenvalue weighted by molar-refractivity contribution is 7.13. The Morgan fingerprint density at radius 3 is 2.87 bits per heavy atom. The van der Waals surface area contributed by atoms with E-state index in [9.17, 15) is 0 Å². The third kappa shape index (κ3) is 3.08. The van der Waals surface area contributed by atoms with Crippen LogP contribution >= 0.6 is 11.3 Å². The van der Waals surface area contributed by atoms with Gasteiger partial charge in [0.2, 0.25) is 0 Å². The Balaban J connectivity index is 1.44. The highest BCUT2D eigenvalue weighted by Crippen LogP contribution is 2.29. The van der Waals surface area contributed by atoms with Crippen molar-refractivity contribution in [3.05, 3.63) is 65.6 Å². The summed E-state index contributed by atoms with van der Waals surface area (Å²) in [6.45, 7) is 2.76. The second kappa shape index (κ2) is 6.28. The lowest BCUT2D eigenvalue weighted by Gasteiger charge is -2.15. The molecule has 0 spiro atoms. The van der Waals surface area contributed by atoms with Crippen LogP contribution in [-0.4, -0.2) is 29.0 Å². The van der Waals surface area contributed by atoms with E-state index in [4.69, 9.17) is 15.1 Å². The molecule has 2 atom stereocenters. The molecule has 0 unspecified atom stereocenters. The summed E-state index contributed by atoms with van der Waals surface area (Å²) in [5.74, 6) is 0.406. The van der Waals surface area contributed by atoms with Gasteiger partial charge >= 0.3 is 0 Å². The van der Waals surface area contributed by atoms with Crippen molar-refractivity contribution >= 4 is 11.3 Å². The molecule has 3 heterocycles. The zero-order valence-corrected chi connectivity index (χ0v) is 13.6. The molecule has 1 fully saturated rings. The topological polar surface area (TPSA) is 55.3 Å². The van der Waals surface area contributed by atoms with Gasteiger partial charge in [-0.1, -0.05) is 30.3 Å². The minimum Gasteiger partial charge on any atom is -0.472 e. The van der Waals surface area contributed by atoms with Crippen LogP contribution in [0.4, 0.5) is 0 Å². The SMILES string of the molecule is N[C@@H]1CN(Cc2csc(-c3ccoc3)n2)C[C@H]1c1ccccc1. The van der Waals surface area contributed by atoms with E-state index in [1.165, 1.54) is 5.56 Å². The molecular formula is C18H19N3OS. The van der Waals surface area contributed by atoms with Crippen molar-refractivity contribution in [2.75, 3.05) is 13.1 Å². The van der Waals surface area contributed by atoms with Crippen LogP contribution in [0.25, 0.3) is 10.6 Å². The van der Waals surface area contributed by atoms with Gasteiger partial charge < -0.3 is 10.2 Å². The number of hydrogen-bond donors (Lipinski definition) is 1. The van der Waals surface area contributed by atoms with Gasteiger partial charge in [-0.15, -0.1) is 11.3 Å². The first kappa shape index (κ1) is 14.6. The van der Waals surface area contributed by atoms with Crippen molar-refractivity contribution in [2.24, 2.45) is 5.73 Å². The second-order valence-corrected chi connectivity index (χ2v) is 6.89. The van der Waals surface area contributed by atoms with Crippen LogP contribution in [0.1, 0.15) is 17.2 Å². The van der Waals surface area contributed by atoms with E-state index >= 15 is 0 Å². The molecule has 0 bridgehead atoms. The van der Waals surface area contributed by atoms with Gasteiger partial charge in [0.25, 0.3) is 0 Å². The molecule has 1 saturated heterocycles. The summed E-state index contributed by atoms with van der Waals surface area (Å²) in [5, 5.41) is 3.14. The van der Waals surface area contributed by atoms with Gasteiger partial charge in [-0.05, 0) is 11.6 Å². The summed E-state index contributed by atoms with van der Waals surface area (Å²) in [7, 11) is 0. The maximum atomic E-state index is 6.37. The van der Waals surface area contributed by atoms with Crippen molar-refractivity contribution in [3.63, 3.8) is 0 Å². The van der Waals surface area contributed by atoms with Crippen molar-refractivity contribution in [3.8, 4) is 10.6 Å². The van der Waals surface area contributed by atoms with Crippen LogP contribution in [0.15, 0.2) is 58.7 Å². The predicted molar refractivity (Wildman–Crippen MR) is 92.3 cm³/mol. The van der Waals surface area contributed by atoms with Crippen molar-refractivity contribution < 1.29 is 4.42 Å². The number of nitrogens with zero attached hydrogens (tertiary/aromatic N) is 2. The molecular weight excluding hydrogens is 306 g/mol. The Labute approximate surface area is 139 Å². The Morgan fingerprint density at radius 2 is 2.09 bits per heavy atom. The van der Waals surface area contributed by atoms with Crippen LogP contribution in [0.2, 0.25) is 0 Å². The summed E-state index contributed by atoms with van der Waals surface area (Å²) in [6, 6.07) is 12.7. The fourth-order valence-corrected chi connectivity index (χ4v) is 4.02. The summed E-state index contributed by atoms with van der Waals surface area (Å²) < 4.78 is 5.13. The molecule has 0 radical (unpaired) electrons. The number of furan rings is 1. The fourth-order valence-electron chi connectivity index (χ4n) is 3.22. The van der Waals surface area contributed by atoms with E-state index in [2.05, 4.69) is 40.6 Å². The van der Waals surface area contributed by atoms with E-state index in [1.807, 2.05) is 6.07 Å². The lowest BCUT2D eigenvalue weighted by molar-refractivity contribution is 0.320. The number of hydrogen-bond acceptors (Lipinski definition) is 5. The normalized spacial score (nSPS) is 21.8. The molecule has 3 aromatic rings. The van der Waals surface area contributed by atoms with Crippen LogP contribution in [0, 0.1) is 0 Å². The fraction of sp³-hybridized carbons (Fsp3) is 0.278. The Morgan fingerprint density at radius 1 is 1.22 bits per heavy atom. The highest BCUT2D eigenvalue weighted by Gasteiger charge is 2.31. The summed E-state index contributed by atoms with van der Waals surface area (Å²) in [4.78, 5) is 7.11. The van der Waals surface area contributed by atoms with Gasteiger partial charge in [0, 0.05) is 42.5 Å². The Bertz CT molecular complexity index is 754. The van der Waals surface area contributed by atoms with E-state index in [0.717, 1.165) is 35.9 Å². The third-order valence-corrected chi connectivity index (χ3v) is 5.31. The molecule has 0 aliphatic carbocycles. The number of rotatable bonds is 4. The largest absolute Gasteiger partial charge is 0.472 e. The molecule has 4 nitrogen and oxygen atoms in total.